The summed E-state index contributed by atoms with van der Waals surface area (Å²) in [5, 5.41) is 3.43. The van der Waals surface area contributed by atoms with E-state index in [4.69, 9.17) is 4.42 Å². The Morgan fingerprint density at radius 1 is 1.27 bits per heavy atom. The summed E-state index contributed by atoms with van der Waals surface area (Å²) in [4.78, 5) is 2.49. The van der Waals surface area contributed by atoms with Crippen molar-refractivity contribution in [2.24, 2.45) is 0 Å². The fourth-order valence-corrected chi connectivity index (χ4v) is 2.04. The van der Waals surface area contributed by atoms with Crippen LogP contribution in [0.25, 0.3) is 0 Å². The van der Waals surface area contributed by atoms with Crippen LogP contribution in [0.1, 0.15) is 24.4 Å². The molecule has 0 unspecified atom stereocenters. The second-order valence-electron chi connectivity index (χ2n) is 4.25. The fraction of sp³-hybridized carbons (Fsp3) is 0.667. The molecule has 1 aromatic heterocycles. The summed E-state index contributed by atoms with van der Waals surface area (Å²) in [5.74, 6) is 2.11. The third kappa shape index (κ3) is 3.36. The Morgan fingerprint density at radius 3 is 2.60 bits per heavy atom. The van der Waals surface area contributed by atoms with Crippen molar-refractivity contribution in [3.8, 4) is 0 Å². The van der Waals surface area contributed by atoms with Gasteiger partial charge in [-0.25, -0.2) is 0 Å². The molecular formula is C12H20N2O. The van der Waals surface area contributed by atoms with E-state index < -0.39 is 0 Å². The Bertz CT molecular complexity index is 288. The normalized spacial score (nSPS) is 19.8. The minimum Gasteiger partial charge on any atom is -0.465 e. The molecule has 0 saturated carbocycles. The lowest BCUT2D eigenvalue weighted by atomic mass is 10.2. The number of hydrogen-bond acceptors (Lipinski definition) is 3. The molecule has 84 valence electrons. The fourth-order valence-electron chi connectivity index (χ4n) is 2.04. The highest BCUT2D eigenvalue weighted by molar-refractivity contribution is 5.05. The van der Waals surface area contributed by atoms with Crippen LogP contribution < -0.4 is 5.32 Å². The van der Waals surface area contributed by atoms with Gasteiger partial charge >= 0.3 is 0 Å². The number of nitrogens with zero attached hydrogens (tertiary/aromatic N) is 1. The lowest BCUT2D eigenvalue weighted by Gasteiger charge is -2.23. The zero-order valence-corrected chi connectivity index (χ0v) is 9.46. The molecule has 1 N–H and O–H groups in total. The molecule has 2 heterocycles. The molecule has 15 heavy (non-hydrogen) atoms. The minimum atomic E-state index is 0.966. The topological polar surface area (TPSA) is 28.4 Å². The van der Waals surface area contributed by atoms with Crippen LogP contribution in [0.5, 0.6) is 0 Å². The van der Waals surface area contributed by atoms with Gasteiger partial charge in [0.25, 0.3) is 0 Å². The molecule has 1 fully saturated rings. The molecule has 0 radical (unpaired) electrons. The van der Waals surface area contributed by atoms with Gasteiger partial charge in [0.15, 0.2) is 0 Å². The van der Waals surface area contributed by atoms with E-state index in [9.17, 15) is 0 Å². The molecule has 1 saturated heterocycles. The van der Waals surface area contributed by atoms with Gasteiger partial charge in [-0.1, -0.05) is 0 Å². The zero-order valence-electron chi connectivity index (χ0n) is 9.46. The third-order valence-electron chi connectivity index (χ3n) is 2.83. The van der Waals surface area contributed by atoms with Crippen molar-refractivity contribution < 1.29 is 4.42 Å². The summed E-state index contributed by atoms with van der Waals surface area (Å²) in [6.07, 6.45) is 2.47. The largest absolute Gasteiger partial charge is 0.465 e. The van der Waals surface area contributed by atoms with Gasteiger partial charge in [-0.15, -0.1) is 0 Å². The van der Waals surface area contributed by atoms with Gasteiger partial charge < -0.3 is 9.73 Å². The van der Waals surface area contributed by atoms with Gasteiger partial charge in [0, 0.05) is 0 Å². The molecule has 3 nitrogen and oxygen atoms in total. The van der Waals surface area contributed by atoms with Crippen molar-refractivity contribution in [3.63, 3.8) is 0 Å². The maximum Gasteiger partial charge on any atom is 0.118 e. The minimum absolute atomic E-state index is 0.966. The van der Waals surface area contributed by atoms with Crippen molar-refractivity contribution in [1.29, 1.82) is 0 Å². The monoisotopic (exact) mass is 208 g/mol. The molecule has 3 heteroatoms. The Morgan fingerprint density at radius 2 is 2.00 bits per heavy atom. The van der Waals surface area contributed by atoms with Crippen LogP contribution >= 0.6 is 0 Å². The second-order valence-corrected chi connectivity index (χ2v) is 4.25. The van der Waals surface area contributed by atoms with E-state index in [1.165, 1.54) is 25.9 Å². The molecule has 2 rings (SSSR count). The maximum atomic E-state index is 5.60. The van der Waals surface area contributed by atoms with E-state index >= 15 is 0 Å². The number of nitrogens with one attached hydrogen (secondary N) is 1. The first-order chi connectivity index (χ1) is 7.34. The molecule has 0 aromatic carbocycles. The summed E-state index contributed by atoms with van der Waals surface area (Å²) in [5.41, 5.74) is 0. The van der Waals surface area contributed by atoms with Crippen molar-refractivity contribution in [1.82, 2.24) is 10.2 Å². The molecule has 0 amide bonds. The highest BCUT2D eigenvalue weighted by Gasteiger charge is 2.09. The number of hydrogen-bond donors (Lipinski definition) is 1. The summed E-state index contributed by atoms with van der Waals surface area (Å²) < 4.78 is 5.60. The highest BCUT2D eigenvalue weighted by Crippen LogP contribution is 2.10. The Balaban J connectivity index is 1.86. The molecule has 0 atom stereocenters. The molecule has 0 aliphatic carbocycles. The van der Waals surface area contributed by atoms with Crippen molar-refractivity contribution in [2.75, 3.05) is 26.2 Å². The van der Waals surface area contributed by atoms with Crippen LogP contribution in [0.4, 0.5) is 0 Å². The molecule has 1 aliphatic heterocycles. The van der Waals surface area contributed by atoms with E-state index in [0.717, 1.165) is 31.2 Å². The van der Waals surface area contributed by atoms with E-state index in [1.54, 1.807) is 0 Å². The van der Waals surface area contributed by atoms with Gasteiger partial charge in [0.1, 0.15) is 11.5 Å². The van der Waals surface area contributed by atoms with E-state index in [2.05, 4.69) is 16.3 Å². The average molecular weight is 208 g/mol. The standard InChI is InChI=1S/C12H20N2O/c1-11-4-5-12(15-11)10-14-8-2-6-13-7-3-9-14/h4-5,13H,2-3,6-10H2,1H3. The molecule has 1 aliphatic rings. The van der Waals surface area contributed by atoms with Crippen LogP contribution in [0.15, 0.2) is 16.5 Å². The predicted octanol–water partition coefficient (Wildman–Crippen LogP) is 1.77. The SMILES string of the molecule is Cc1ccc(CN2CCCNCCC2)o1. The quantitative estimate of drug-likeness (QED) is 0.803. The first-order valence-electron chi connectivity index (χ1n) is 5.83. The summed E-state index contributed by atoms with van der Waals surface area (Å²) in [7, 11) is 0. The van der Waals surface area contributed by atoms with Crippen LogP contribution in [0.3, 0.4) is 0 Å². The molecule has 0 bridgehead atoms. The second kappa shape index (κ2) is 5.33. The Hall–Kier alpha value is -0.800. The van der Waals surface area contributed by atoms with Gasteiger partial charge in [0.2, 0.25) is 0 Å². The summed E-state index contributed by atoms with van der Waals surface area (Å²) in [6.45, 7) is 7.61. The smallest absolute Gasteiger partial charge is 0.118 e. The van der Waals surface area contributed by atoms with E-state index in [0.29, 0.717) is 0 Å². The molecule has 0 spiro atoms. The summed E-state index contributed by atoms with van der Waals surface area (Å²) in [6, 6.07) is 4.13. The van der Waals surface area contributed by atoms with Gasteiger partial charge in [0.05, 0.1) is 6.54 Å². The lowest BCUT2D eigenvalue weighted by Crippen LogP contribution is -2.33. The van der Waals surface area contributed by atoms with Crippen molar-refractivity contribution in [3.05, 3.63) is 23.7 Å². The van der Waals surface area contributed by atoms with Gasteiger partial charge in [-0.05, 0) is 58.1 Å². The first-order valence-corrected chi connectivity index (χ1v) is 5.83. The van der Waals surface area contributed by atoms with Crippen LogP contribution in [0, 0.1) is 6.92 Å². The van der Waals surface area contributed by atoms with Crippen LogP contribution in [0.2, 0.25) is 0 Å². The number of aryl methyl sites for hydroxylation is 1. The lowest BCUT2D eigenvalue weighted by molar-refractivity contribution is 0.225. The van der Waals surface area contributed by atoms with E-state index in [1.807, 2.05) is 13.0 Å². The highest BCUT2D eigenvalue weighted by atomic mass is 16.3. The maximum absolute atomic E-state index is 5.60. The van der Waals surface area contributed by atoms with Crippen LogP contribution in [-0.4, -0.2) is 31.1 Å². The van der Waals surface area contributed by atoms with Gasteiger partial charge in [-0.2, -0.15) is 0 Å². The third-order valence-corrected chi connectivity index (χ3v) is 2.83. The Kier molecular flexibility index (Phi) is 3.80. The number of rotatable bonds is 2. The zero-order chi connectivity index (χ0) is 10.5. The van der Waals surface area contributed by atoms with Crippen LogP contribution in [-0.2, 0) is 6.54 Å². The Labute approximate surface area is 91.4 Å². The molecular weight excluding hydrogens is 188 g/mol. The van der Waals surface area contributed by atoms with Crippen molar-refractivity contribution in [2.45, 2.75) is 26.3 Å². The van der Waals surface area contributed by atoms with Crippen molar-refractivity contribution >= 4 is 0 Å². The average Bonchev–Trinajstić information content (AvgIpc) is 2.56. The molecule has 1 aromatic rings. The van der Waals surface area contributed by atoms with E-state index in [-0.39, 0.29) is 0 Å². The first kappa shape index (κ1) is 10.7. The number of furan rings is 1. The summed E-state index contributed by atoms with van der Waals surface area (Å²) >= 11 is 0. The predicted molar refractivity (Wildman–Crippen MR) is 60.8 cm³/mol. The van der Waals surface area contributed by atoms with Gasteiger partial charge in [-0.3, -0.25) is 4.90 Å².